The molecular formula is C19H28N2. The number of nitrogen functional groups attached to an aromatic ring is 1. The molecule has 2 saturated carbocycles. The number of hydrogen-bond acceptors (Lipinski definition) is 2. The molecule has 1 heterocycles. The summed E-state index contributed by atoms with van der Waals surface area (Å²) in [7, 11) is 0. The van der Waals surface area contributed by atoms with E-state index < -0.39 is 0 Å². The van der Waals surface area contributed by atoms with Gasteiger partial charge in [0.05, 0.1) is 0 Å². The van der Waals surface area contributed by atoms with Crippen molar-refractivity contribution in [3.63, 3.8) is 0 Å². The van der Waals surface area contributed by atoms with Gasteiger partial charge < -0.3 is 10.6 Å². The molecule has 1 saturated heterocycles. The molecular weight excluding hydrogens is 256 g/mol. The fourth-order valence-electron chi connectivity index (χ4n) is 4.77. The molecule has 3 fully saturated rings. The highest BCUT2D eigenvalue weighted by Gasteiger charge is 2.46. The number of fused-ring (bicyclic) bond motifs is 1. The zero-order valence-corrected chi connectivity index (χ0v) is 13.1. The van der Waals surface area contributed by atoms with E-state index in [-0.39, 0.29) is 0 Å². The summed E-state index contributed by atoms with van der Waals surface area (Å²) in [6.07, 6.45) is 10.1. The second-order valence-corrected chi connectivity index (χ2v) is 7.73. The number of anilines is 1. The molecule has 0 bridgehead atoms. The Balaban J connectivity index is 1.42. The highest BCUT2D eigenvalue weighted by molar-refractivity contribution is 5.43. The Morgan fingerprint density at radius 2 is 1.71 bits per heavy atom. The second-order valence-electron chi connectivity index (χ2n) is 7.73. The highest BCUT2D eigenvalue weighted by atomic mass is 15.1. The van der Waals surface area contributed by atoms with Crippen molar-refractivity contribution in [2.45, 2.75) is 50.4 Å². The monoisotopic (exact) mass is 284 g/mol. The number of rotatable bonds is 3. The van der Waals surface area contributed by atoms with Crippen molar-refractivity contribution in [2.24, 2.45) is 11.8 Å². The minimum Gasteiger partial charge on any atom is -0.399 e. The molecule has 2 aliphatic carbocycles. The molecule has 2 heteroatoms. The summed E-state index contributed by atoms with van der Waals surface area (Å²) in [6, 6.07) is 8.66. The third-order valence-electron chi connectivity index (χ3n) is 6.28. The van der Waals surface area contributed by atoms with Gasteiger partial charge in [-0.3, -0.25) is 0 Å². The highest BCUT2D eigenvalue weighted by Crippen LogP contribution is 2.49. The van der Waals surface area contributed by atoms with Crippen LogP contribution in [0.4, 0.5) is 5.69 Å². The maximum atomic E-state index is 5.84. The minimum absolute atomic E-state index is 0.454. The molecule has 2 N–H and O–H groups in total. The van der Waals surface area contributed by atoms with E-state index in [0.717, 1.165) is 17.5 Å². The van der Waals surface area contributed by atoms with Gasteiger partial charge in [-0.1, -0.05) is 31.4 Å². The second kappa shape index (κ2) is 5.31. The van der Waals surface area contributed by atoms with Crippen LogP contribution in [-0.2, 0) is 5.41 Å². The molecule has 1 aromatic rings. The summed E-state index contributed by atoms with van der Waals surface area (Å²) in [6.45, 7) is 3.97. The van der Waals surface area contributed by atoms with Crippen molar-refractivity contribution < 1.29 is 0 Å². The van der Waals surface area contributed by atoms with Gasteiger partial charge in [0.2, 0.25) is 0 Å². The van der Waals surface area contributed by atoms with Crippen LogP contribution >= 0.6 is 0 Å². The summed E-state index contributed by atoms with van der Waals surface area (Å²) >= 11 is 0. The van der Waals surface area contributed by atoms with Gasteiger partial charge >= 0.3 is 0 Å². The molecule has 0 aromatic heterocycles. The van der Waals surface area contributed by atoms with E-state index in [1.807, 2.05) is 0 Å². The van der Waals surface area contributed by atoms with Crippen LogP contribution in [0.3, 0.4) is 0 Å². The maximum absolute atomic E-state index is 5.84. The van der Waals surface area contributed by atoms with Gasteiger partial charge in [0.25, 0.3) is 0 Å². The van der Waals surface area contributed by atoms with E-state index in [1.165, 1.54) is 70.1 Å². The predicted octanol–water partition coefficient (Wildman–Crippen LogP) is 3.81. The first kappa shape index (κ1) is 13.6. The number of piperidine rings is 1. The number of hydrogen-bond donors (Lipinski definition) is 1. The zero-order valence-electron chi connectivity index (χ0n) is 13.1. The molecule has 0 spiro atoms. The van der Waals surface area contributed by atoms with Gasteiger partial charge in [-0.05, 0) is 61.8 Å². The number of likely N-dealkylation sites (tertiary alicyclic amines) is 1. The lowest BCUT2D eigenvalue weighted by Gasteiger charge is -2.42. The molecule has 0 radical (unpaired) electrons. The summed E-state index contributed by atoms with van der Waals surface area (Å²) in [5.74, 6) is 2.04. The predicted molar refractivity (Wildman–Crippen MR) is 88.3 cm³/mol. The van der Waals surface area contributed by atoms with Crippen LogP contribution in [0.15, 0.2) is 24.3 Å². The lowest BCUT2D eigenvalue weighted by Crippen LogP contribution is -2.44. The summed E-state index contributed by atoms with van der Waals surface area (Å²) < 4.78 is 0. The average molecular weight is 284 g/mol. The van der Waals surface area contributed by atoms with Crippen LogP contribution in [0, 0.1) is 11.8 Å². The normalized spacial score (nSPS) is 31.6. The SMILES string of the molecule is Nc1ccc(C2(CN3CCC4CCCCC4C3)CC2)cc1. The van der Waals surface area contributed by atoms with Crippen molar-refractivity contribution >= 4 is 5.69 Å². The molecule has 3 aliphatic rings. The van der Waals surface area contributed by atoms with E-state index in [4.69, 9.17) is 5.73 Å². The van der Waals surface area contributed by atoms with Gasteiger partial charge in [-0.25, -0.2) is 0 Å². The van der Waals surface area contributed by atoms with Crippen molar-refractivity contribution in [1.82, 2.24) is 4.90 Å². The molecule has 2 unspecified atom stereocenters. The van der Waals surface area contributed by atoms with Gasteiger partial charge in [0, 0.05) is 24.2 Å². The van der Waals surface area contributed by atoms with Crippen LogP contribution in [0.1, 0.15) is 50.5 Å². The molecule has 2 atom stereocenters. The van der Waals surface area contributed by atoms with E-state index in [9.17, 15) is 0 Å². The Kier molecular flexibility index (Phi) is 3.45. The summed E-state index contributed by atoms with van der Waals surface area (Å²) in [4.78, 5) is 2.77. The number of nitrogens with two attached hydrogens (primary N) is 1. The molecule has 21 heavy (non-hydrogen) atoms. The van der Waals surface area contributed by atoms with Gasteiger partial charge in [0.15, 0.2) is 0 Å². The first-order chi connectivity index (χ1) is 10.3. The molecule has 2 nitrogen and oxygen atoms in total. The van der Waals surface area contributed by atoms with Crippen molar-refractivity contribution in [3.05, 3.63) is 29.8 Å². The fourth-order valence-corrected chi connectivity index (χ4v) is 4.77. The molecule has 1 aliphatic heterocycles. The van der Waals surface area contributed by atoms with Crippen LogP contribution in [0.25, 0.3) is 0 Å². The lowest BCUT2D eigenvalue weighted by atomic mass is 9.75. The van der Waals surface area contributed by atoms with Crippen LogP contribution < -0.4 is 5.73 Å². The molecule has 4 rings (SSSR count). The topological polar surface area (TPSA) is 29.3 Å². The summed E-state index contributed by atoms with van der Waals surface area (Å²) in [5, 5.41) is 0. The van der Waals surface area contributed by atoms with E-state index in [1.54, 1.807) is 0 Å². The Labute approximate surface area is 128 Å². The Morgan fingerprint density at radius 1 is 1.00 bits per heavy atom. The van der Waals surface area contributed by atoms with E-state index in [0.29, 0.717) is 5.41 Å². The molecule has 0 amide bonds. The summed E-state index contributed by atoms with van der Waals surface area (Å²) in [5.41, 5.74) is 8.69. The number of benzene rings is 1. The Hall–Kier alpha value is -1.02. The standard InChI is InChI=1S/C19H28N2/c20-18-7-5-17(6-8-18)19(10-11-19)14-21-12-9-15-3-1-2-4-16(15)13-21/h5-8,15-16H,1-4,9-14,20H2. The van der Waals surface area contributed by atoms with Crippen LogP contribution in [0.2, 0.25) is 0 Å². The third-order valence-corrected chi connectivity index (χ3v) is 6.28. The lowest BCUT2D eigenvalue weighted by molar-refractivity contribution is 0.0802. The number of nitrogens with zero attached hydrogens (tertiary/aromatic N) is 1. The maximum Gasteiger partial charge on any atom is 0.0314 e. The molecule has 1 aromatic carbocycles. The Bertz CT molecular complexity index is 489. The Morgan fingerprint density at radius 3 is 2.43 bits per heavy atom. The van der Waals surface area contributed by atoms with Gasteiger partial charge in [-0.2, -0.15) is 0 Å². The first-order valence-electron chi connectivity index (χ1n) is 8.84. The quantitative estimate of drug-likeness (QED) is 0.855. The van der Waals surface area contributed by atoms with Crippen molar-refractivity contribution in [3.8, 4) is 0 Å². The zero-order chi connectivity index (χ0) is 14.3. The molecule has 114 valence electrons. The van der Waals surface area contributed by atoms with E-state index >= 15 is 0 Å². The third kappa shape index (κ3) is 2.70. The minimum atomic E-state index is 0.454. The smallest absolute Gasteiger partial charge is 0.0314 e. The average Bonchev–Trinajstić information content (AvgIpc) is 3.28. The van der Waals surface area contributed by atoms with Gasteiger partial charge in [0.1, 0.15) is 0 Å². The van der Waals surface area contributed by atoms with E-state index in [2.05, 4.69) is 29.2 Å². The van der Waals surface area contributed by atoms with Gasteiger partial charge in [-0.15, -0.1) is 0 Å². The van der Waals surface area contributed by atoms with Crippen LogP contribution in [-0.4, -0.2) is 24.5 Å². The van der Waals surface area contributed by atoms with Crippen molar-refractivity contribution in [1.29, 1.82) is 0 Å². The largest absolute Gasteiger partial charge is 0.399 e. The van der Waals surface area contributed by atoms with Crippen LogP contribution in [0.5, 0.6) is 0 Å². The first-order valence-corrected chi connectivity index (χ1v) is 8.84. The van der Waals surface area contributed by atoms with Crippen molar-refractivity contribution in [2.75, 3.05) is 25.4 Å². The fraction of sp³-hybridized carbons (Fsp3) is 0.684.